The van der Waals surface area contributed by atoms with E-state index >= 15 is 0 Å². The van der Waals surface area contributed by atoms with Crippen LogP contribution in [0.5, 0.6) is 0 Å². The lowest BCUT2D eigenvalue weighted by atomic mass is 10.2. The summed E-state index contributed by atoms with van der Waals surface area (Å²) in [6.07, 6.45) is 0. The van der Waals surface area contributed by atoms with E-state index in [4.69, 9.17) is 4.74 Å². The van der Waals surface area contributed by atoms with E-state index in [1.54, 1.807) is 31.2 Å². The normalized spacial score (nSPS) is 9.47. The van der Waals surface area contributed by atoms with Crippen molar-refractivity contribution in [3.8, 4) is 0 Å². The van der Waals surface area contributed by atoms with Crippen LogP contribution in [0.1, 0.15) is 17.3 Å². The van der Waals surface area contributed by atoms with Gasteiger partial charge in [-0.2, -0.15) is 0 Å². The van der Waals surface area contributed by atoms with Gasteiger partial charge in [0.2, 0.25) is 0 Å². The summed E-state index contributed by atoms with van der Waals surface area (Å²) in [6.45, 7) is 2.09. The number of hydrogen-bond acceptors (Lipinski definition) is 4. The summed E-state index contributed by atoms with van der Waals surface area (Å²) < 4.78 is 4.82. The lowest BCUT2D eigenvalue weighted by Gasteiger charge is -2.08. The molecule has 0 aliphatic heterocycles. The van der Waals surface area contributed by atoms with Crippen LogP contribution in [0.15, 0.2) is 29.6 Å². The second kappa shape index (κ2) is 5.09. The van der Waals surface area contributed by atoms with Gasteiger partial charge in [-0.25, -0.2) is 9.80 Å². The molecule has 0 spiro atoms. The zero-order valence-electron chi connectivity index (χ0n) is 8.64. The SMILES string of the molecule is CCOC(=O)c1ccc(N(C)N=O)cc1. The number of esters is 1. The van der Waals surface area contributed by atoms with Crippen LogP contribution in [0, 0.1) is 4.91 Å². The molecular formula is C10H12N2O3. The third-order valence-corrected chi connectivity index (χ3v) is 1.87. The first-order chi connectivity index (χ1) is 7.19. The van der Waals surface area contributed by atoms with Gasteiger partial charge in [0.05, 0.1) is 23.1 Å². The number of benzene rings is 1. The number of nitroso groups, excluding NO2 is 1. The molecule has 0 aromatic heterocycles. The van der Waals surface area contributed by atoms with E-state index in [1.165, 1.54) is 12.1 Å². The molecule has 1 aromatic rings. The highest BCUT2D eigenvalue weighted by Gasteiger charge is 2.06. The third kappa shape index (κ3) is 2.77. The molecule has 0 saturated carbocycles. The van der Waals surface area contributed by atoms with Crippen LogP contribution >= 0.6 is 0 Å². The van der Waals surface area contributed by atoms with Crippen molar-refractivity contribution in [1.29, 1.82) is 0 Å². The Labute approximate surface area is 87.6 Å². The molecule has 0 N–H and O–H groups in total. The van der Waals surface area contributed by atoms with Crippen molar-refractivity contribution in [1.82, 2.24) is 0 Å². The Hall–Kier alpha value is -1.91. The monoisotopic (exact) mass is 208 g/mol. The minimum Gasteiger partial charge on any atom is -0.462 e. The van der Waals surface area contributed by atoms with E-state index in [0.29, 0.717) is 17.9 Å². The zero-order chi connectivity index (χ0) is 11.3. The van der Waals surface area contributed by atoms with Gasteiger partial charge in [0.15, 0.2) is 0 Å². The Kier molecular flexibility index (Phi) is 3.79. The molecule has 1 aromatic carbocycles. The van der Waals surface area contributed by atoms with Crippen LogP contribution in [0.4, 0.5) is 5.69 Å². The van der Waals surface area contributed by atoms with Gasteiger partial charge in [-0.3, -0.25) is 0 Å². The van der Waals surface area contributed by atoms with Gasteiger partial charge in [-0.15, -0.1) is 4.91 Å². The van der Waals surface area contributed by atoms with Gasteiger partial charge < -0.3 is 4.74 Å². The summed E-state index contributed by atoms with van der Waals surface area (Å²) in [5, 5.41) is 3.91. The molecule has 0 aliphatic carbocycles. The Morgan fingerprint density at radius 2 is 2.00 bits per heavy atom. The first-order valence-corrected chi connectivity index (χ1v) is 4.53. The standard InChI is InChI=1S/C10H12N2O3/c1-3-15-10(13)8-4-6-9(7-5-8)12(2)11-14/h4-7H,3H2,1-2H3. The Morgan fingerprint density at radius 1 is 1.40 bits per heavy atom. The van der Waals surface area contributed by atoms with E-state index in [9.17, 15) is 9.70 Å². The number of hydrogen-bond donors (Lipinski definition) is 0. The predicted molar refractivity (Wildman–Crippen MR) is 56.6 cm³/mol. The first kappa shape index (κ1) is 11.2. The van der Waals surface area contributed by atoms with Crippen molar-refractivity contribution in [3.05, 3.63) is 34.7 Å². The number of nitrogens with zero attached hydrogens (tertiary/aromatic N) is 2. The van der Waals surface area contributed by atoms with Gasteiger partial charge >= 0.3 is 5.97 Å². The van der Waals surface area contributed by atoms with E-state index < -0.39 is 0 Å². The molecule has 0 amide bonds. The van der Waals surface area contributed by atoms with Crippen molar-refractivity contribution in [2.45, 2.75) is 6.92 Å². The van der Waals surface area contributed by atoms with Crippen molar-refractivity contribution in [2.24, 2.45) is 5.29 Å². The van der Waals surface area contributed by atoms with Crippen LogP contribution in [0.25, 0.3) is 0 Å². The van der Waals surface area contributed by atoms with Gasteiger partial charge in [-0.1, -0.05) is 0 Å². The van der Waals surface area contributed by atoms with Crippen LogP contribution < -0.4 is 5.01 Å². The fourth-order valence-electron chi connectivity index (χ4n) is 1.07. The summed E-state index contributed by atoms with van der Waals surface area (Å²) in [6, 6.07) is 6.45. The van der Waals surface area contributed by atoms with Crippen LogP contribution in [-0.4, -0.2) is 19.6 Å². The molecule has 0 bridgehead atoms. The van der Waals surface area contributed by atoms with Gasteiger partial charge in [-0.05, 0) is 31.2 Å². The molecule has 0 unspecified atom stereocenters. The highest BCUT2D eigenvalue weighted by atomic mass is 16.5. The summed E-state index contributed by atoms with van der Waals surface area (Å²) in [4.78, 5) is 21.5. The minimum absolute atomic E-state index is 0.344. The average molecular weight is 208 g/mol. The lowest BCUT2D eigenvalue weighted by Crippen LogP contribution is -2.08. The lowest BCUT2D eigenvalue weighted by molar-refractivity contribution is 0.0526. The highest BCUT2D eigenvalue weighted by Crippen LogP contribution is 2.14. The molecule has 5 nitrogen and oxygen atoms in total. The number of carbonyl (C=O) groups is 1. The van der Waals surface area contributed by atoms with E-state index in [2.05, 4.69) is 5.29 Å². The first-order valence-electron chi connectivity index (χ1n) is 4.53. The predicted octanol–water partition coefficient (Wildman–Crippen LogP) is 1.98. The van der Waals surface area contributed by atoms with Crippen molar-refractivity contribution >= 4 is 11.7 Å². The molecule has 1 rings (SSSR count). The largest absolute Gasteiger partial charge is 0.462 e. The van der Waals surface area contributed by atoms with Gasteiger partial charge in [0.1, 0.15) is 0 Å². The molecule has 0 heterocycles. The number of rotatable bonds is 4. The smallest absolute Gasteiger partial charge is 0.338 e. The maximum atomic E-state index is 11.3. The van der Waals surface area contributed by atoms with Crippen molar-refractivity contribution < 1.29 is 9.53 Å². The molecule has 0 fully saturated rings. The highest BCUT2D eigenvalue weighted by molar-refractivity contribution is 5.89. The van der Waals surface area contributed by atoms with Crippen LogP contribution in [0.3, 0.4) is 0 Å². The Morgan fingerprint density at radius 3 is 2.47 bits per heavy atom. The van der Waals surface area contributed by atoms with E-state index in [-0.39, 0.29) is 5.97 Å². The molecule has 0 aliphatic rings. The van der Waals surface area contributed by atoms with Crippen molar-refractivity contribution in [3.63, 3.8) is 0 Å². The molecule has 0 atom stereocenters. The molecular weight excluding hydrogens is 196 g/mol. The fraction of sp³-hybridized carbons (Fsp3) is 0.300. The molecule has 80 valence electrons. The van der Waals surface area contributed by atoms with Crippen molar-refractivity contribution in [2.75, 3.05) is 18.7 Å². The molecule has 15 heavy (non-hydrogen) atoms. The zero-order valence-corrected chi connectivity index (χ0v) is 8.64. The maximum absolute atomic E-state index is 11.3. The molecule has 0 radical (unpaired) electrons. The summed E-state index contributed by atoms with van der Waals surface area (Å²) in [5.74, 6) is -0.370. The number of anilines is 1. The van der Waals surface area contributed by atoms with Crippen LogP contribution in [-0.2, 0) is 4.74 Å². The van der Waals surface area contributed by atoms with Gasteiger partial charge in [0.25, 0.3) is 0 Å². The number of carbonyl (C=O) groups excluding carboxylic acids is 1. The number of ether oxygens (including phenoxy) is 1. The summed E-state index contributed by atoms with van der Waals surface area (Å²) in [7, 11) is 1.53. The Balaban J connectivity index is 2.80. The molecule has 0 saturated heterocycles. The van der Waals surface area contributed by atoms with Gasteiger partial charge in [0, 0.05) is 7.05 Å². The summed E-state index contributed by atoms with van der Waals surface area (Å²) >= 11 is 0. The quantitative estimate of drug-likeness (QED) is 0.431. The Bertz CT molecular complexity index is 348. The van der Waals surface area contributed by atoms with Crippen LogP contribution in [0.2, 0.25) is 0 Å². The third-order valence-electron chi connectivity index (χ3n) is 1.87. The topological polar surface area (TPSA) is 59.0 Å². The second-order valence-electron chi connectivity index (χ2n) is 2.87. The summed E-state index contributed by atoms with van der Waals surface area (Å²) in [5.41, 5.74) is 1.08. The average Bonchev–Trinajstić information content (AvgIpc) is 2.28. The second-order valence-corrected chi connectivity index (χ2v) is 2.87. The maximum Gasteiger partial charge on any atom is 0.338 e. The van der Waals surface area contributed by atoms with E-state index in [0.717, 1.165) is 0 Å². The minimum atomic E-state index is -0.370. The van der Waals surface area contributed by atoms with E-state index in [1.807, 2.05) is 0 Å². The fourth-order valence-corrected chi connectivity index (χ4v) is 1.07. The molecule has 5 heteroatoms.